The van der Waals surface area contributed by atoms with Crippen molar-refractivity contribution in [1.29, 1.82) is 0 Å². The average molecular weight is 319 g/mol. The van der Waals surface area contributed by atoms with Gasteiger partial charge in [-0.2, -0.15) is 0 Å². The smallest absolute Gasteiger partial charge is 0.330 e. The van der Waals surface area contributed by atoms with Gasteiger partial charge in [0, 0.05) is 22.8 Å². The predicted molar refractivity (Wildman–Crippen MR) is 73.4 cm³/mol. The molecule has 1 aromatic carbocycles. The quantitative estimate of drug-likeness (QED) is 0.665. The monoisotopic (exact) mass is 317 g/mol. The number of carbonyl (C=O) groups excluding carboxylic acids is 1. The third kappa shape index (κ3) is 5.24. The number of hydrogen-bond acceptors (Lipinski definition) is 3. The van der Waals surface area contributed by atoms with E-state index in [1.54, 1.807) is 13.0 Å². The molecule has 1 N–H and O–H groups in total. The van der Waals surface area contributed by atoms with Crippen LogP contribution in [0.25, 0.3) is 0 Å². The molecular formula is C12H13BrClNO2. The van der Waals surface area contributed by atoms with Gasteiger partial charge in [0.15, 0.2) is 0 Å². The summed E-state index contributed by atoms with van der Waals surface area (Å²) in [5.41, 5.74) is 0.895. The van der Waals surface area contributed by atoms with E-state index in [2.05, 4.69) is 21.2 Å². The maximum atomic E-state index is 11.0. The van der Waals surface area contributed by atoms with Gasteiger partial charge >= 0.3 is 5.97 Å². The van der Waals surface area contributed by atoms with Gasteiger partial charge in [-0.1, -0.05) is 17.7 Å². The number of halogens is 2. The highest BCUT2D eigenvalue weighted by Gasteiger charge is 1.97. The second-order valence-electron chi connectivity index (χ2n) is 3.16. The summed E-state index contributed by atoms with van der Waals surface area (Å²) >= 11 is 9.25. The van der Waals surface area contributed by atoms with Crippen molar-refractivity contribution in [2.75, 3.05) is 18.5 Å². The summed E-state index contributed by atoms with van der Waals surface area (Å²) in [6, 6.07) is 5.57. The molecule has 5 heteroatoms. The van der Waals surface area contributed by atoms with Crippen molar-refractivity contribution in [3.8, 4) is 0 Å². The van der Waals surface area contributed by atoms with E-state index in [9.17, 15) is 4.79 Å². The van der Waals surface area contributed by atoms with E-state index in [1.165, 1.54) is 6.08 Å². The van der Waals surface area contributed by atoms with E-state index in [0.29, 0.717) is 18.2 Å². The molecule has 0 aliphatic heterocycles. The molecule has 0 aliphatic carbocycles. The molecule has 92 valence electrons. The van der Waals surface area contributed by atoms with E-state index in [0.717, 1.165) is 10.2 Å². The highest BCUT2D eigenvalue weighted by molar-refractivity contribution is 9.10. The number of hydrogen-bond donors (Lipinski definition) is 1. The molecule has 1 rings (SSSR count). The van der Waals surface area contributed by atoms with Gasteiger partial charge in [0.1, 0.15) is 0 Å². The summed E-state index contributed by atoms with van der Waals surface area (Å²) in [4.78, 5) is 11.0. The Kier molecular flexibility index (Phi) is 6.08. The first-order chi connectivity index (χ1) is 8.13. The van der Waals surface area contributed by atoms with Crippen LogP contribution in [-0.4, -0.2) is 19.1 Å². The molecular weight excluding hydrogens is 305 g/mol. The Hall–Kier alpha value is -1.000. The van der Waals surface area contributed by atoms with Crippen LogP contribution in [0.4, 0.5) is 5.69 Å². The summed E-state index contributed by atoms with van der Waals surface area (Å²) in [5.74, 6) is -0.330. The fraction of sp³-hybridized carbons (Fsp3) is 0.250. The topological polar surface area (TPSA) is 38.3 Å². The molecule has 0 saturated heterocycles. The van der Waals surface area contributed by atoms with Crippen molar-refractivity contribution in [1.82, 2.24) is 0 Å². The Labute approximate surface area is 114 Å². The number of rotatable bonds is 5. The summed E-state index contributed by atoms with van der Waals surface area (Å²) in [6.07, 6.45) is 3.10. The predicted octanol–water partition coefficient (Wildman–Crippen LogP) is 3.63. The Balaban J connectivity index is 2.40. The number of benzene rings is 1. The van der Waals surface area contributed by atoms with E-state index in [4.69, 9.17) is 16.3 Å². The normalized spacial score (nSPS) is 10.5. The lowest BCUT2D eigenvalue weighted by Gasteiger charge is -2.04. The number of ether oxygens (including phenoxy) is 1. The van der Waals surface area contributed by atoms with E-state index >= 15 is 0 Å². The third-order valence-electron chi connectivity index (χ3n) is 1.88. The van der Waals surface area contributed by atoms with Gasteiger partial charge in [0.05, 0.1) is 11.6 Å². The minimum atomic E-state index is -0.330. The van der Waals surface area contributed by atoms with Gasteiger partial charge in [0.2, 0.25) is 0 Å². The van der Waals surface area contributed by atoms with Crippen LogP contribution < -0.4 is 5.32 Å². The number of esters is 1. The van der Waals surface area contributed by atoms with Crippen LogP contribution in [0.3, 0.4) is 0 Å². The molecule has 0 aromatic heterocycles. The van der Waals surface area contributed by atoms with Crippen LogP contribution in [-0.2, 0) is 9.53 Å². The first-order valence-electron chi connectivity index (χ1n) is 5.15. The Morgan fingerprint density at radius 2 is 2.35 bits per heavy atom. The molecule has 17 heavy (non-hydrogen) atoms. The van der Waals surface area contributed by atoms with Gasteiger partial charge < -0.3 is 10.1 Å². The molecule has 0 heterocycles. The lowest BCUT2D eigenvalue weighted by atomic mass is 10.3. The first kappa shape index (κ1) is 14.1. The molecule has 0 saturated carbocycles. The Morgan fingerprint density at radius 1 is 1.59 bits per heavy atom. The molecule has 0 spiro atoms. The van der Waals surface area contributed by atoms with Crippen LogP contribution in [0.15, 0.2) is 34.8 Å². The van der Waals surface area contributed by atoms with Crippen LogP contribution in [0, 0.1) is 0 Å². The van der Waals surface area contributed by atoms with E-state index in [1.807, 2.05) is 18.2 Å². The zero-order valence-electron chi connectivity index (χ0n) is 9.37. The second-order valence-corrected chi connectivity index (χ2v) is 4.43. The minimum Gasteiger partial charge on any atom is -0.463 e. The molecule has 0 atom stereocenters. The lowest BCUT2D eigenvalue weighted by molar-refractivity contribution is -0.137. The number of nitrogens with one attached hydrogen (secondary N) is 1. The van der Waals surface area contributed by atoms with Crippen molar-refractivity contribution in [2.24, 2.45) is 0 Å². The van der Waals surface area contributed by atoms with Crippen molar-refractivity contribution in [3.05, 3.63) is 39.8 Å². The zero-order valence-corrected chi connectivity index (χ0v) is 11.7. The molecule has 0 fully saturated rings. The fourth-order valence-electron chi connectivity index (χ4n) is 1.13. The molecule has 0 aliphatic rings. The standard InChI is InChI=1S/C12H13BrClNO2/c1-2-17-12(16)4-3-7-15-9-5-6-10(13)11(14)8-9/h3-6,8,15H,2,7H2,1H3/b4-3+. The maximum Gasteiger partial charge on any atom is 0.330 e. The second kappa shape index (κ2) is 7.35. The molecule has 1 aromatic rings. The van der Waals surface area contributed by atoms with Crippen LogP contribution >= 0.6 is 27.5 Å². The van der Waals surface area contributed by atoms with Crippen LogP contribution in [0.2, 0.25) is 5.02 Å². The molecule has 0 bridgehead atoms. The van der Waals surface area contributed by atoms with Gasteiger partial charge in [-0.15, -0.1) is 0 Å². The van der Waals surface area contributed by atoms with Crippen molar-refractivity contribution >= 4 is 39.2 Å². The SMILES string of the molecule is CCOC(=O)/C=C/CNc1ccc(Br)c(Cl)c1. The van der Waals surface area contributed by atoms with Gasteiger partial charge in [0.25, 0.3) is 0 Å². The summed E-state index contributed by atoms with van der Waals surface area (Å²) in [6.45, 7) is 2.70. The summed E-state index contributed by atoms with van der Waals surface area (Å²) < 4.78 is 5.60. The molecule has 3 nitrogen and oxygen atoms in total. The first-order valence-corrected chi connectivity index (χ1v) is 6.32. The Bertz CT molecular complexity index is 421. The molecule has 0 radical (unpaired) electrons. The lowest BCUT2D eigenvalue weighted by Crippen LogP contribution is -2.02. The third-order valence-corrected chi connectivity index (χ3v) is 3.12. The highest BCUT2D eigenvalue weighted by atomic mass is 79.9. The van der Waals surface area contributed by atoms with Gasteiger partial charge in [-0.3, -0.25) is 0 Å². The van der Waals surface area contributed by atoms with Crippen molar-refractivity contribution in [3.63, 3.8) is 0 Å². The van der Waals surface area contributed by atoms with Crippen LogP contribution in [0.5, 0.6) is 0 Å². The van der Waals surface area contributed by atoms with E-state index < -0.39 is 0 Å². The number of anilines is 1. The highest BCUT2D eigenvalue weighted by Crippen LogP contribution is 2.25. The molecule has 0 unspecified atom stereocenters. The average Bonchev–Trinajstić information content (AvgIpc) is 2.29. The zero-order chi connectivity index (χ0) is 12.7. The van der Waals surface area contributed by atoms with Crippen LogP contribution in [0.1, 0.15) is 6.92 Å². The maximum absolute atomic E-state index is 11.0. The van der Waals surface area contributed by atoms with Crippen molar-refractivity contribution < 1.29 is 9.53 Å². The largest absolute Gasteiger partial charge is 0.463 e. The van der Waals surface area contributed by atoms with Gasteiger partial charge in [-0.25, -0.2) is 4.79 Å². The minimum absolute atomic E-state index is 0.330. The molecule has 0 amide bonds. The number of carbonyl (C=O) groups is 1. The Morgan fingerprint density at radius 3 is 3.00 bits per heavy atom. The van der Waals surface area contributed by atoms with Gasteiger partial charge in [-0.05, 0) is 41.1 Å². The van der Waals surface area contributed by atoms with E-state index in [-0.39, 0.29) is 5.97 Å². The fourth-order valence-corrected chi connectivity index (χ4v) is 1.56. The summed E-state index contributed by atoms with van der Waals surface area (Å²) in [5, 5.41) is 3.75. The summed E-state index contributed by atoms with van der Waals surface area (Å²) in [7, 11) is 0. The van der Waals surface area contributed by atoms with Crippen molar-refractivity contribution in [2.45, 2.75) is 6.92 Å².